The zero-order chi connectivity index (χ0) is 14.0. The first-order valence-corrected chi connectivity index (χ1v) is 6.26. The van der Waals surface area contributed by atoms with Gasteiger partial charge < -0.3 is 0 Å². The van der Waals surface area contributed by atoms with E-state index in [0.29, 0.717) is 17.3 Å². The van der Waals surface area contributed by atoms with Crippen LogP contribution in [-0.4, -0.2) is 15.9 Å². The summed E-state index contributed by atoms with van der Waals surface area (Å²) in [5.41, 5.74) is 1.33. The molecule has 0 aliphatic heterocycles. The van der Waals surface area contributed by atoms with E-state index in [1.807, 2.05) is 26.8 Å². The molecule has 0 fully saturated rings. The molecule has 19 heavy (non-hydrogen) atoms. The van der Waals surface area contributed by atoms with Gasteiger partial charge in [0.1, 0.15) is 0 Å². The van der Waals surface area contributed by atoms with Crippen LogP contribution in [-0.2, 0) is 4.79 Å². The van der Waals surface area contributed by atoms with Crippen molar-refractivity contribution in [3.8, 4) is 0 Å². The molecule has 0 spiro atoms. The molecule has 1 amide bonds. The summed E-state index contributed by atoms with van der Waals surface area (Å²) in [6.45, 7) is 5.83. The maximum absolute atomic E-state index is 11.9. The Morgan fingerprint density at radius 3 is 2.84 bits per heavy atom. The third-order valence-corrected chi connectivity index (χ3v) is 2.71. The molecule has 0 radical (unpaired) electrons. The standard InChI is InChI=1S/C14H17N3O2/c1-8(2)6-12(18)16-14-15-11-5-4-9(3)7-10(11)13(19)17-14/h4-5,7-8H,6H2,1-3H3,(H2,15,16,17,18,19). The van der Waals surface area contributed by atoms with Crippen molar-refractivity contribution in [3.63, 3.8) is 0 Å². The number of carbonyl (C=O) groups is 1. The van der Waals surface area contributed by atoms with Gasteiger partial charge in [-0.25, -0.2) is 4.98 Å². The van der Waals surface area contributed by atoms with Crippen molar-refractivity contribution in [2.75, 3.05) is 5.32 Å². The van der Waals surface area contributed by atoms with E-state index in [-0.39, 0.29) is 23.3 Å². The number of amides is 1. The summed E-state index contributed by atoms with van der Waals surface area (Å²) in [6.07, 6.45) is 0.398. The van der Waals surface area contributed by atoms with Gasteiger partial charge in [-0.2, -0.15) is 0 Å². The van der Waals surface area contributed by atoms with Crippen LogP contribution >= 0.6 is 0 Å². The summed E-state index contributed by atoms with van der Waals surface area (Å²) in [7, 11) is 0. The molecule has 2 rings (SSSR count). The van der Waals surface area contributed by atoms with Gasteiger partial charge in [-0.05, 0) is 25.0 Å². The van der Waals surface area contributed by atoms with Gasteiger partial charge in [0, 0.05) is 6.42 Å². The molecule has 1 heterocycles. The smallest absolute Gasteiger partial charge is 0.260 e. The number of hydrogen-bond acceptors (Lipinski definition) is 3. The maximum atomic E-state index is 11.9. The van der Waals surface area contributed by atoms with Crippen molar-refractivity contribution in [2.45, 2.75) is 27.2 Å². The molecule has 1 aromatic carbocycles. The van der Waals surface area contributed by atoms with Gasteiger partial charge in [-0.3, -0.25) is 19.9 Å². The van der Waals surface area contributed by atoms with Crippen LogP contribution in [0.2, 0.25) is 0 Å². The lowest BCUT2D eigenvalue weighted by atomic mass is 10.1. The minimum atomic E-state index is -0.242. The second kappa shape index (κ2) is 5.22. The molecule has 0 aliphatic carbocycles. The van der Waals surface area contributed by atoms with Crippen LogP contribution in [0.15, 0.2) is 23.0 Å². The summed E-state index contributed by atoms with van der Waals surface area (Å²) in [5.74, 6) is 0.312. The first-order valence-electron chi connectivity index (χ1n) is 6.26. The van der Waals surface area contributed by atoms with Crippen molar-refractivity contribution < 1.29 is 4.79 Å². The fourth-order valence-corrected chi connectivity index (χ4v) is 1.87. The molecule has 0 unspecified atom stereocenters. The lowest BCUT2D eigenvalue weighted by molar-refractivity contribution is -0.116. The van der Waals surface area contributed by atoms with E-state index in [1.165, 1.54) is 0 Å². The average molecular weight is 259 g/mol. The zero-order valence-corrected chi connectivity index (χ0v) is 11.3. The molecular formula is C14H17N3O2. The van der Waals surface area contributed by atoms with E-state index >= 15 is 0 Å². The molecule has 5 nitrogen and oxygen atoms in total. The molecule has 5 heteroatoms. The second-order valence-corrected chi connectivity index (χ2v) is 5.08. The predicted molar refractivity (Wildman–Crippen MR) is 75.2 cm³/mol. The number of nitrogens with zero attached hydrogens (tertiary/aromatic N) is 1. The normalized spacial score (nSPS) is 10.9. The van der Waals surface area contributed by atoms with Gasteiger partial charge in [0.05, 0.1) is 10.9 Å². The Bertz CT molecular complexity index is 674. The van der Waals surface area contributed by atoms with Crippen molar-refractivity contribution in [2.24, 2.45) is 5.92 Å². The van der Waals surface area contributed by atoms with Crippen molar-refractivity contribution in [1.29, 1.82) is 0 Å². The van der Waals surface area contributed by atoms with Gasteiger partial charge in [0.2, 0.25) is 11.9 Å². The number of aryl methyl sites for hydroxylation is 1. The lowest BCUT2D eigenvalue weighted by Gasteiger charge is -2.07. The number of carbonyl (C=O) groups excluding carboxylic acids is 1. The number of aromatic amines is 1. The van der Waals surface area contributed by atoms with E-state index < -0.39 is 0 Å². The number of nitrogens with one attached hydrogen (secondary N) is 2. The first kappa shape index (κ1) is 13.3. The Morgan fingerprint density at radius 2 is 2.16 bits per heavy atom. The van der Waals surface area contributed by atoms with Gasteiger partial charge in [0.15, 0.2) is 0 Å². The maximum Gasteiger partial charge on any atom is 0.260 e. The van der Waals surface area contributed by atoms with E-state index in [1.54, 1.807) is 12.1 Å². The van der Waals surface area contributed by atoms with E-state index in [4.69, 9.17) is 0 Å². The van der Waals surface area contributed by atoms with Crippen LogP contribution in [0.4, 0.5) is 5.95 Å². The summed E-state index contributed by atoms with van der Waals surface area (Å²) in [5, 5.41) is 3.14. The summed E-state index contributed by atoms with van der Waals surface area (Å²) < 4.78 is 0. The first-order chi connectivity index (χ1) is 8.95. The summed E-state index contributed by atoms with van der Waals surface area (Å²) in [6, 6.07) is 5.44. The number of aromatic nitrogens is 2. The molecule has 0 saturated carbocycles. The van der Waals surface area contributed by atoms with Gasteiger partial charge in [0.25, 0.3) is 5.56 Å². The van der Waals surface area contributed by atoms with Gasteiger partial charge in [-0.15, -0.1) is 0 Å². The summed E-state index contributed by atoms with van der Waals surface area (Å²) >= 11 is 0. The molecule has 1 aromatic heterocycles. The average Bonchev–Trinajstić information content (AvgIpc) is 2.29. The third kappa shape index (κ3) is 3.19. The van der Waals surface area contributed by atoms with Crippen LogP contribution in [0.25, 0.3) is 10.9 Å². The van der Waals surface area contributed by atoms with Crippen molar-refractivity contribution in [1.82, 2.24) is 9.97 Å². The fourth-order valence-electron chi connectivity index (χ4n) is 1.87. The Hall–Kier alpha value is -2.17. The second-order valence-electron chi connectivity index (χ2n) is 5.08. The Morgan fingerprint density at radius 1 is 1.42 bits per heavy atom. The number of hydrogen-bond donors (Lipinski definition) is 2. The molecule has 2 aromatic rings. The van der Waals surface area contributed by atoms with Crippen LogP contribution in [0.3, 0.4) is 0 Å². The van der Waals surface area contributed by atoms with Crippen LogP contribution in [0.1, 0.15) is 25.8 Å². The predicted octanol–water partition coefficient (Wildman–Crippen LogP) is 2.22. The van der Waals surface area contributed by atoms with Crippen molar-refractivity contribution in [3.05, 3.63) is 34.1 Å². The molecule has 2 N–H and O–H groups in total. The molecule has 0 atom stereocenters. The highest BCUT2D eigenvalue weighted by molar-refractivity contribution is 5.90. The molecule has 0 aliphatic rings. The van der Waals surface area contributed by atoms with Gasteiger partial charge >= 0.3 is 0 Å². The summed E-state index contributed by atoms with van der Waals surface area (Å²) in [4.78, 5) is 30.4. The highest BCUT2D eigenvalue weighted by Gasteiger charge is 2.08. The Labute approximate surface area is 111 Å². The fraction of sp³-hybridized carbons (Fsp3) is 0.357. The van der Waals surface area contributed by atoms with Crippen LogP contribution in [0.5, 0.6) is 0 Å². The van der Waals surface area contributed by atoms with Crippen LogP contribution < -0.4 is 10.9 Å². The Balaban J connectivity index is 2.34. The molecule has 0 saturated heterocycles. The highest BCUT2D eigenvalue weighted by atomic mass is 16.2. The number of fused-ring (bicyclic) bond motifs is 1. The minimum Gasteiger partial charge on any atom is -0.296 e. The van der Waals surface area contributed by atoms with E-state index in [2.05, 4.69) is 15.3 Å². The van der Waals surface area contributed by atoms with Gasteiger partial charge in [-0.1, -0.05) is 25.5 Å². The Kier molecular flexibility index (Phi) is 3.64. The number of H-pyrrole nitrogens is 1. The SMILES string of the molecule is Cc1ccc2nc(NC(=O)CC(C)C)[nH]c(=O)c2c1. The molecule has 0 bridgehead atoms. The van der Waals surface area contributed by atoms with Crippen molar-refractivity contribution >= 4 is 22.8 Å². The molecule has 100 valence electrons. The van der Waals surface area contributed by atoms with E-state index in [0.717, 1.165) is 5.56 Å². The largest absolute Gasteiger partial charge is 0.296 e. The highest BCUT2D eigenvalue weighted by Crippen LogP contribution is 2.11. The number of benzene rings is 1. The topological polar surface area (TPSA) is 74.8 Å². The third-order valence-electron chi connectivity index (χ3n) is 2.71. The number of rotatable bonds is 3. The van der Waals surface area contributed by atoms with Crippen LogP contribution in [0, 0.1) is 12.8 Å². The zero-order valence-electron chi connectivity index (χ0n) is 11.3. The monoisotopic (exact) mass is 259 g/mol. The minimum absolute atomic E-state index is 0.149. The molecular weight excluding hydrogens is 242 g/mol. The van der Waals surface area contributed by atoms with E-state index in [9.17, 15) is 9.59 Å². The number of anilines is 1. The lowest BCUT2D eigenvalue weighted by Crippen LogP contribution is -2.19. The quantitative estimate of drug-likeness (QED) is 0.887.